The number of ether oxygens (including phenoxy) is 3. The molecule has 41 heavy (non-hydrogen) atoms. The summed E-state index contributed by atoms with van der Waals surface area (Å²) in [5.74, 6) is -2.16. The molecule has 0 radical (unpaired) electrons. The number of fused-ring (bicyclic) bond motifs is 3. The molecule has 7 rings (SSSR count). The van der Waals surface area contributed by atoms with Gasteiger partial charge in [0.15, 0.2) is 5.79 Å². The summed E-state index contributed by atoms with van der Waals surface area (Å²) in [7, 11) is 0. The second-order valence-corrected chi connectivity index (χ2v) is 11.9. The van der Waals surface area contributed by atoms with Gasteiger partial charge in [0.25, 0.3) is 0 Å². The minimum absolute atomic E-state index is 0.0260. The number of aryl methyl sites for hydroxylation is 2. The predicted octanol–water partition coefficient (Wildman–Crippen LogP) is 7.83. The predicted molar refractivity (Wildman–Crippen MR) is 159 cm³/mol. The van der Waals surface area contributed by atoms with Crippen LogP contribution >= 0.6 is 0 Å². The summed E-state index contributed by atoms with van der Waals surface area (Å²) in [5, 5.41) is 0. The van der Waals surface area contributed by atoms with Crippen LogP contribution in [0.1, 0.15) is 53.6 Å². The topological polar surface area (TPSA) is 44.8 Å². The highest BCUT2D eigenvalue weighted by Crippen LogP contribution is 2.73. The van der Waals surface area contributed by atoms with E-state index in [0.29, 0.717) is 12.2 Å². The first-order chi connectivity index (χ1) is 19.7. The first-order valence-electron chi connectivity index (χ1n) is 14.3. The molecule has 4 aromatic rings. The highest BCUT2D eigenvalue weighted by Gasteiger charge is 2.81. The molecule has 4 aromatic carbocycles. The molecule has 4 nitrogen and oxygen atoms in total. The van der Waals surface area contributed by atoms with Gasteiger partial charge in [-0.2, -0.15) is 0 Å². The molecule has 0 aromatic heterocycles. The zero-order valence-electron chi connectivity index (χ0n) is 23.9. The average Bonchev–Trinajstić information content (AvgIpc) is 3.55. The van der Waals surface area contributed by atoms with Gasteiger partial charge in [-0.15, -0.1) is 0 Å². The first kappa shape index (κ1) is 25.9. The van der Waals surface area contributed by atoms with Crippen LogP contribution in [0.4, 0.5) is 0 Å². The van der Waals surface area contributed by atoms with Crippen LogP contribution in [0.5, 0.6) is 0 Å². The Morgan fingerprint density at radius 2 is 1.24 bits per heavy atom. The zero-order chi connectivity index (χ0) is 28.5. The Bertz CT molecular complexity index is 1600. The van der Waals surface area contributed by atoms with Crippen molar-refractivity contribution in [1.29, 1.82) is 0 Å². The Balaban J connectivity index is 1.47. The van der Waals surface area contributed by atoms with Crippen molar-refractivity contribution in [1.82, 2.24) is 0 Å². The van der Waals surface area contributed by atoms with Crippen molar-refractivity contribution in [3.63, 3.8) is 0 Å². The van der Waals surface area contributed by atoms with Crippen LogP contribution in [0.3, 0.4) is 0 Å². The van der Waals surface area contributed by atoms with E-state index in [9.17, 15) is 4.79 Å². The molecule has 0 bridgehead atoms. The van der Waals surface area contributed by atoms with Gasteiger partial charge in [0, 0.05) is 17.5 Å². The molecule has 0 spiro atoms. The van der Waals surface area contributed by atoms with Crippen LogP contribution in [0.25, 0.3) is 5.76 Å². The molecule has 206 valence electrons. The molecular weight excluding hydrogens is 508 g/mol. The van der Waals surface area contributed by atoms with Crippen LogP contribution < -0.4 is 0 Å². The van der Waals surface area contributed by atoms with Crippen molar-refractivity contribution in [3.8, 4) is 0 Å². The Labute approximate surface area is 241 Å². The van der Waals surface area contributed by atoms with Crippen molar-refractivity contribution in [2.24, 2.45) is 11.3 Å². The van der Waals surface area contributed by atoms with E-state index in [2.05, 4.69) is 68.5 Å². The maximum atomic E-state index is 14.2. The third-order valence-electron chi connectivity index (χ3n) is 9.47. The van der Waals surface area contributed by atoms with Gasteiger partial charge in [-0.25, -0.2) is 0 Å². The van der Waals surface area contributed by atoms with E-state index < -0.39 is 28.5 Å². The number of carbonyl (C=O) groups excluding carboxylic acids is 1. The summed E-state index contributed by atoms with van der Waals surface area (Å²) in [6.45, 7) is 7.77. The molecule has 3 aliphatic rings. The smallest absolute Gasteiger partial charge is 0.247 e. The summed E-state index contributed by atoms with van der Waals surface area (Å²) in [6.07, 6.45) is 2.53. The summed E-state index contributed by atoms with van der Waals surface area (Å²) >= 11 is 0. The quantitative estimate of drug-likeness (QED) is 0.258. The average molecular weight is 543 g/mol. The molecule has 0 saturated carbocycles. The van der Waals surface area contributed by atoms with E-state index in [0.717, 1.165) is 33.4 Å². The third kappa shape index (κ3) is 3.57. The van der Waals surface area contributed by atoms with Crippen molar-refractivity contribution in [2.75, 3.05) is 0 Å². The first-order valence-corrected chi connectivity index (χ1v) is 14.3. The highest BCUT2D eigenvalue weighted by molar-refractivity contribution is 5.87. The summed E-state index contributed by atoms with van der Waals surface area (Å²) in [6, 6.07) is 36.9. The number of hydrogen-bond acceptors (Lipinski definition) is 4. The third-order valence-corrected chi connectivity index (χ3v) is 9.47. The second-order valence-electron chi connectivity index (χ2n) is 11.9. The summed E-state index contributed by atoms with van der Waals surface area (Å²) in [4.78, 5) is 14.2. The number of benzene rings is 4. The standard InChI is InChI=1S/C37H34O4/c1-25-15-19-29(20-16-25)36(30-21-17-26(2)18-22-30)24-35(27(3)38)33-23-32(28-11-7-5-8-12-28)39-37(33,41-34(35,4)40-36)31-13-9-6-10-14-31/h5-23,33H,24H2,1-4H3. The van der Waals surface area contributed by atoms with E-state index >= 15 is 0 Å². The fraction of sp³-hybridized carbons (Fsp3) is 0.270. The lowest BCUT2D eigenvalue weighted by molar-refractivity contribution is -0.319. The van der Waals surface area contributed by atoms with Gasteiger partial charge in [-0.3, -0.25) is 4.79 Å². The van der Waals surface area contributed by atoms with Crippen LogP contribution in [0.2, 0.25) is 0 Å². The molecule has 3 heterocycles. The number of Topliss-reactive ketones (excluding diaryl/α,β-unsaturated/α-hetero) is 1. The molecule has 4 atom stereocenters. The maximum absolute atomic E-state index is 14.2. The minimum atomic E-state index is -1.27. The van der Waals surface area contributed by atoms with Gasteiger partial charge in [-0.05, 0) is 44.9 Å². The molecule has 4 heteroatoms. The van der Waals surface area contributed by atoms with Gasteiger partial charge in [-0.1, -0.05) is 120 Å². The second kappa shape index (κ2) is 9.01. The van der Waals surface area contributed by atoms with Gasteiger partial charge in [0.05, 0.1) is 11.3 Å². The van der Waals surface area contributed by atoms with Crippen molar-refractivity contribution >= 4 is 11.5 Å². The number of hydrogen-bond donors (Lipinski definition) is 0. The molecule has 3 aliphatic heterocycles. The van der Waals surface area contributed by atoms with E-state index in [4.69, 9.17) is 14.2 Å². The van der Waals surface area contributed by atoms with Gasteiger partial charge in [0.2, 0.25) is 5.79 Å². The summed E-state index contributed by atoms with van der Waals surface area (Å²) < 4.78 is 21.2. The Hall–Kier alpha value is -3.99. The van der Waals surface area contributed by atoms with Crippen molar-refractivity contribution in [2.45, 2.75) is 51.3 Å². The largest absolute Gasteiger partial charge is 0.457 e. The lowest BCUT2D eigenvalue weighted by Crippen LogP contribution is -2.47. The van der Waals surface area contributed by atoms with E-state index in [-0.39, 0.29) is 5.78 Å². The zero-order valence-corrected chi connectivity index (χ0v) is 23.9. The molecule has 0 N–H and O–H groups in total. The normalized spacial score (nSPS) is 29.4. The fourth-order valence-electron chi connectivity index (χ4n) is 7.40. The van der Waals surface area contributed by atoms with Crippen LogP contribution in [0, 0.1) is 25.2 Å². The number of rotatable bonds is 5. The van der Waals surface area contributed by atoms with E-state index in [1.165, 1.54) is 0 Å². The maximum Gasteiger partial charge on any atom is 0.247 e. The molecule has 2 saturated heterocycles. The molecular formula is C37H34O4. The number of carbonyl (C=O) groups is 1. The Morgan fingerprint density at radius 1 is 0.707 bits per heavy atom. The molecule has 2 fully saturated rings. The summed E-state index contributed by atoms with van der Waals surface area (Å²) in [5.41, 5.74) is 4.22. The molecule has 0 aliphatic carbocycles. The van der Waals surface area contributed by atoms with Crippen LogP contribution in [0.15, 0.2) is 115 Å². The SMILES string of the molecule is CC(=O)C12CC(c3ccc(C)cc3)(c3ccc(C)cc3)OC1(C)OC1(c3ccccc3)OC(c3ccccc3)=CC12. The Kier molecular flexibility index (Phi) is 5.70. The van der Waals surface area contributed by atoms with Crippen molar-refractivity contribution < 1.29 is 19.0 Å². The van der Waals surface area contributed by atoms with E-state index in [1.54, 1.807) is 6.92 Å². The van der Waals surface area contributed by atoms with Crippen LogP contribution in [-0.2, 0) is 30.4 Å². The number of ketones is 1. The van der Waals surface area contributed by atoms with Gasteiger partial charge < -0.3 is 14.2 Å². The molecule has 4 unspecified atom stereocenters. The van der Waals surface area contributed by atoms with Gasteiger partial charge in [0.1, 0.15) is 17.1 Å². The lowest BCUT2D eigenvalue weighted by atomic mass is 9.61. The minimum Gasteiger partial charge on any atom is -0.457 e. The van der Waals surface area contributed by atoms with E-state index in [1.807, 2.05) is 67.6 Å². The van der Waals surface area contributed by atoms with Crippen molar-refractivity contribution in [3.05, 3.63) is 149 Å². The lowest BCUT2D eigenvalue weighted by Gasteiger charge is -2.38. The Morgan fingerprint density at radius 3 is 1.78 bits per heavy atom. The monoisotopic (exact) mass is 542 g/mol. The highest BCUT2D eigenvalue weighted by atomic mass is 16.8. The van der Waals surface area contributed by atoms with Crippen LogP contribution in [-0.4, -0.2) is 11.6 Å². The van der Waals surface area contributed by atoms with Gasteiger partial charge >= 0.3 is 0 Å². The molecule has 0 amide bonds. The fourth-order valence-corrected chi connectivity index (χ4v) is 7.40.